The van der Waals surface area contributed by atoms with E-state index in [-0.39, 0.29) is 16.0 Å². The SMILES string of the molecule is COC(=O)c1sc(-n2cnc3cc(Cl)c(F)cc32)cc1O[C@H](C)c1cccc(OC2CCNCC2)c1Cl. The third kappa shape index (κ3) is 5.27. The molecule has 3 heterocycles. The lowest BCUT2D eigenvalue weighted by atomic mass is 10.1. The Morgan fingerprint density at radius 1 is 1.22 bits per heavy atom. The first-order chi connectivity index (χ1) is 17.9. The Morgan fingerprint density at radius 3 is 2.76 bits per heavy atom. The number of thiophene rings is 1. The number of carbonyl (C=O) groups is 1. The molecule has 2 aromatic carbocycles. The van der Waals surface area contributed by atoms with Gasteiger partial charge in [-0.1, -0.05) is 35.3 Å². The summed E-state index contributed by atoms with van der Waals surface area (Å²) >= 11 is 13.8. The lowest BCUT2D eigenvalue weighted by molar-refractivity contribution is 0.0600. The van der Waals surface area contributed by atoms with Gasteiger partial charge in [-0.25, -0.2) is 14.2 Å². The van der Waals surface area contributed by atoms with Crippen molar-refractivity contribution in [1.82, 2.24) is 14.9 Å². The zero-order valence-electron chi connectivity index (χ0n) is 20.1. The first kappa shape index (κ1) is 25.8. The number of hydrogen-bond donors (Lipinski definition) is 1. The molecule has 4 aromatic rings. The summed E-state index contributed by atoms with van der Waals surface area (Å²) in [6, 6.07) is 10.0. The van der Waals surface area contributed by atoms with Gasteiger partial charge in [0.25, 0.3) is 0 Å². The van der Waals surface area contributed by atoms with Crippen molar-refractivity contribution in [3.8, 4) is 16.5 Å². The number of nitrogens with one attached hydrogen (secondary N) is 1. The van der Waals surface area contributed by atoms with Crippen molar-refractivity contribution >= 4 is 51.5 Å². The van der Waals surface area contributed by atoms with Crippen molar-refractivity contribution in [2.24, 2.45) is 0 Å². The number of nitrogens with zero attached hydrogens (tertiary/aromatic N) is 2. The van der Waals surface area contributed by atoms with Gasteiger partial charge in [-0.05, 0) is 45.0 Å². The maximum atomic E-state index is 14.2. The number of benzene rings is 2. The zero-order valence-corrected chi connectivity index (χ0v) is 22.4. The Kier molecular flexibility index (Phi) is 7.57. The molecular formula is C26H24Cl2FN3O4S. The Labute approximate surface area is 227 Å². The molecule has 1 saturated heterocycles. The van der Waals surface area contributed by atoms with E-state index >= 15 is 0 Å². The number of carbonyl (C=O) groups excluding carboxylic acids is 1. The van der Waals surface area contributed by atoms with Crippen LogP contribution in [-0.2, 0) is 4.74 Å². The van der Waals surface area contributed by atoms with Gasteiger partial charge in [-0.15, -0.1) is 11.3 Å². The quantitative estimate of drug-likeness (QED) is 0.256. The third-order valence-corrected chi connectivity index (χ3v) is 7.99. The number of esters is 1. The third-order valence-electron chi connectivity index (χ3n) is 6.20. The van der Waals surface area contributed by atoms with E-state index in [1.54, 1.807) is 17.0 Å². The lowest BCUT2D eigenvalue weighted by Gasteiger charge is -2.25. The first-order valence-corrected chi connectivity index (χ1v) is 13.3. The van der Waals surface area contributed by atoms with Crippen LogP contribution in [0.1, 0.15) is 41.1 Å². The molecular weight excluding hydrogens is 540 g/mol. The molecule has 1 N–H and O–H groups in total. The first-order valence-electron chi connectivity index (χ1n) is 11.7. The predicted molar refractivity (Wildman–Crippen MR) is 142 cm³/mol. The average Bonchev–Trinajstić information content (AvgIpc) is 3.49. The number of rotatable bonds is 7. The summed E-state index contributed by atoms with van der Waals surface area (Å²) in [5, 5.41) is 4.37. The largest absolute Gasteiger partial charge is 0.489 e. The number of methoxy groups -OCH3 is 1. The van der Waals surface area contributed by atoms with E-state index in [4.69, 9.17) is 37.4 Å². The lowest BCUT2D eigenvalue weighted by Crippen LogP contribution is -2.34. The van der Waals surface area contributed by atoms with Crippen LogP contribution in [-0.4, -0.2) is 41.8 Å². The van der Waals surface area contributed by atoms with Gasteiger partial charge in [-0.2, -0.15) is 0 Å². The fraction of sp³-hybridized carbons (Fsp3) is 0.308. The van der Waals surface area contributed by atoms with Crippen LogP contribution in [0, 0.1) is 5.82 Å². The molecule has 0 radical (unpaired) electrons. The Bertz CT molecular complexity index is 1450. The summed E-state index contributed by atoms with van der Waals surface area (Å²) in [5.74, 6) is -0.194. The molecule has 7 nitrogen and oxygen atoms in total. The highest BCUT2D eigenvalue weighted by Crippen LogP contribution is 2.40. The van der Waals surface area contributed by atoms with Crippen molar-refractivity contribution in [3.05, 3.63) is 69.0 Å². The molecule has 1 aliphatic rings. The summed E-state index contributed by atoms with van der Waals surface area (Å²) < 4.78 is 33.2. The topological polar surface area (TPSA) is 74.6 Å². The number of piperidine rings is 1. The van der Waals surface area contributed by atoms with E-state index in [1.165, 1.54) is 19.2 Å². The van der Waals surface area contributed by atoms with Crippen molar-refractivity contribution in [3.63, 3.8) is 0 Å². The summed E-state index contributed by atoms with van der Waals surface area (Å²) in [7, 11) is 1.30. The fourth-order valence-electron chi connectivity index (χ4n) is 4.26. The van der Waals surface area contributed by atoms with Crippen molar-refractivity contribution in [2.45, 2.75) is 32.0 Å². The molecule has 0 saturated carbocycles. The second kappa shape index (κ2) is 10.9. The van der Waals surface area contributed by atoms with Gasteiger partial charge in [-0.3, -0.25) is 4.57 Å². The summed E-state index contributed by atoms with van der Waals surface area (Å²) in [5.41, 5.74) is 1.75. The molecule has 0 unspecified atom stereocenters. The normalized spacial score (nSPS) is 15.1. The minimum Gasteiger partial charge on any atom is -0.489 e. The zero-order chi connectivity index (χ0) is 26.1. The highest BCUT2D eigenvalue weighted by atomic mass is 35.5. The van der Waals surface area contributed by atoms with Crippen LogP contribution in [0.4, 0.5) is 4.39 Å². The van der Waals surface area contributed by atoms with E-state index in [2.05, 4.69) is 10.3 Å². The molecule has 194 valence electrons. The van der Waals surface area contributed by atoms with Gasteiger partial charge in [0.2, 0.25) is 0 Å². The fourth-order valence-corrected chi connectivity index (χ4v) is 5.74. The van der Waals surface area contributed by atoms with Crippen LogP contribution < -0.4 is 14.8 Å². The van der Waals surface area contributed by atoms with Crippen LogP contribution >= 0.6 is 34.5 Å². The molecule has 1 fully saturated rings. The van der Waals surface area contributed by atoms with Crippen molar-refractivity contribution in [1.29, 1.82) is 0 Å². The van der Waals surface area contributed by atoms with Gasteiger partial charge >= 0.3 is 5.97 Å². The Morgan fingerprint density at radius 2 is 2.00 bits per heavy atom. The molecule has 0 spiro atoms. The van der Waals surface area contributed by atoms with Crippen LogP contribution in [0.5, 0.6) is 11.5 Å². The van der Waals surface area contributed by atoms with Crippen molar-refractivity contribution < 1.29 is 23.4 Å². The molecule has 2 aromatic heterocycles. The minimum atomic E-state index is -0.563. The monoisotopic (exact) mass is 563 g/mol. The van der Waals surface area contributed by atoms with Crippen LogP contribution in [0.15, 0.2) is 42.7 Å². The molecule has 1 aliphatic heterocycles. The highest BCUT2D eigenvalue weighted by molar-refractivity contribution is 7.16. The molecule has 0 bridgehead atoms. The van der Waals surface area contributed by atoms with E-state index in [0.717, 1.165) is 42.8 Å². The van der Waals surface area contributed by atoms with E-state index in [1.807, 2.05) is 25.1 Å². The van der Waals surface area contributed by atoms with E-state index in [9.17, 15) is 9.18 Å². The Balaban J connectivity index is 1.45. The second-order valence-corrected chi connectivity index (χ2v) is 10.4. The average molecular weight is 564 g/mol. The molecule has 37 heavy (non-hydrogen) atoms. The van der Waals surface area contributed by atoms with Gasteiger partial charge in [0.05, 0.1) is 28.2 Å². The molecule has 0 amide bonds. The summed E-state index contributed by atoms with van der Waals surface area (Å²) in [4.78, 5) is 17.2. The van der Waals surface area contributed by atoms with E-state index in [0.29, 0.717) is 32.6 Å². The number of imidazole rings is 1. The maximum Gasteiger partial charge on any atom is 0.351 e. The Hall–Kier alpha value is -2.85. The van der Waals surface area contributed by atoms with E-state index < -0.39 is 17.9 Å². The smallest absolute Gasteiger partial charge is 0.351 e. The summed E-state index contributed by atoms with van der Waals surface area (Å²) in [6.45, 7) is 3.66. The summed E-state index contributed by atoms with van der Waals surface area (Å²) in [6.07, 6.45) is 2.95. The second-order valence-electron chi connectivity index (χ2n) is 8.63. The van der Waals surface area contributed by atoms with Gasteiger partial charge in [0.15, 0.2) is 4.88 Å². The van der Waals surface area contributed by atoms with Gasteiger partial charge < -0.3 is 19.5 Å². The predicted octanol–water partition coefficient (Wildman–Crippen LogP) is 6.59. The van der Waals surface area contributed by atoms with Gasteiger partial charge in [0.1, 0.15) is 40.9 Å². The van der Waals surface area contributed by atoms with Crippen LogP contribution in [0.2, 0.25) is 10.0 Å². The molecule has 11 heteroatoms. The highest BCUT2D eigenvalue weighted by Gasteiger charge is 2.24. The molecule has 5 rings (SSSR count). The maximum absolute atomic E-state index is 14.2. The number of halogens is 3. The number of hydrogen-bond acceptors (Lipinski definition) is 7. The standard InChI is InChI=1S/C26H24Cl2FN3O4S/c1-14(16-4-3-5-21(24(16)28)36-15-6-8-30-9-7-15)35-22-12-23(37-25(22)26(33)34-2)32-13-31-19-10-17(27)18(29)11-20(19)32/h3-5,10-15,30H,6-9H2,1-2H3/t14-/m1/s1. The molecule has 0 aliphatic carbocycles. The number of fused-ring (bicyclic) bond motifs is 1. The van der Waals surface area contributed by atoms with Crippen LogP contribution in [0.3, 0.4) is 0 Å². The van der Waals surface area contributed by atoms with Crippen LogP contribution in [0.25, 0.3) is 16.0 Å². The number of aromatic nitrogens is 2. The number of ether oxygens (including phenoxy) is 3. The minimum absolute atomic E-state index is 0.0136. The molecule has 1 atom stereocenters. The van der Waals surface area contributed by atoms with Gasteiger partial charge in [0, 0.05) is 17.7 Å². The van der Waals surface area contributed by atoms with Crippen molar-refractivity contribution in [2.75, 3.05) is 20.2 Å².